The first-order valence-electron chi connectivity index (χ1n) is 7.64. The summed E-state index contributed by atoms with van der Waals surface area (Å²) in [6, 6.07) is 22.7. The quantitative estimate of drug-likeness (QED) is 0.414. The third-order valence-electron chi connectivity index (χ3n) is 4.25. The molecule has 0 heterocycles. The third-order valence-corrected chi connectivity index (χ3v) is 4.25. The van der Waals surface area contributed by atoms with Crippen molar-refractivity contribution in [2.75, 3.05) is 0 Å². The largest absolute Gasteiger partial charge is 0.115 e. The topological polar surface area (TPSA) is 0 Å². The van der Waals surface area contributed by atoms with E-state index >= 15 is 0 Å². The molecule has 0 nitrogen and oxygen atoms in total. The molecule has 0 heteroatoms. The maximum atomic E-state index is 5.70. The lowest BCUT2D eigenvalue weighted by molar-refractivity contribution is 1.25. The molecule has 0 N–H and O–H groups in total. The lowest BCUT2D eigenvalue weighted by Crippen LogP contribution is -1.93. The second-order valence-corrected chi connectivity index (χ2v) is 5.61. The molecule has 1 aliphatic carbocycles. The number of terminal acetylenes is 1. The molecule has 0 saturated heterocycles. The zero-order valence-corrected chi connectivity index (χ0v) is 12.6. The molecule has 0 radical (unpaired) electrons. The molecule has 3 aromatic rings. The van der Waals surface area contributed by atoms with E-state index in [1.807, 2.05) is 36.4 Å². The summed E-state index contributed by atoms with van der Waals surface area (Å²) in [5.41, 5.74) is 8.03. The van der Waals surface area contributed by atoms with Gasteiger partial charge in [0.2, 0.25) is 0 Å². The van der Waals surface area contributed by atoms with Gasteiger partial charge in [0.25, 0.3) is 0 Å². The van der Waals surface area contributed by atoms with Crippen LogP contribution in [-0.2, 0) is 6.42 Å². The van der Waals surface area contributed by atoms with E-state index in [2.05, 4.69) is 48.1 Å². The average molecular weight is 290 g/mol. The Labute approximate surface area is 136 Å². The number of benzene rings is 3. The maximum absolute atomic E-state index is 5.70. The first kappa shape index (κ1) is 13.4. The van der Waals surface area contributed by atoms with Crippen LogP contribution >= 0.6 is 0 Å². The highest BCUT2D eigenvalue weighted by Gasteiger charge is 2.21. The number of hydrogen-bond acceptors (Lipinski definition) is 0. The monoisotopic (exact) mass is 290 g/mol. The van der Waals surface area contributed by atoms with E-state index in [1.54, 1.807) is 0 Å². The predicted molar refractivity (Wildman–Crippen MR) is 95.0 cm³/mol. The fourth-order valence-corrected chi connectivity index (χ4v) is 3.13. The van der Waals surface area contributed by atoms with Crippen LogP contribution in [-0.4, -0.2) is 0 Å². The Morgan fingerprint density at radius 1 is 0.739 bits per heavy atom. The van der Waals surface area contributed by atoms with Gasteiger partial charge in [-0.15, -0.1) is 6.42 Å². The summed E-state index contributed by atoms with van der Waals surface area (Å²) in [6.07, 6.45) is 6.60. The first-order chi connectivity index (χ1) is 11.4. The molecule has 106 valence electrons. The van der Waals surface area contributed by atoms with Crippen molar-refractivity contribution in [2.45, 2.75) is 6.42 Å². The van der Waals surface area contributed by atoms with Crippen molar-refractivity contribution in [2.24, 2.45) is 0 Å². The van der Waals surface area contributed by atoms with Gasteiger partial charge in [0.05, 0.1) is 0 Å². The molecule has 0 fully saturated rings. The Morgan fingerprint density at radius 2 is 1.52 bits per heavy atom. The minimum Gasteiger partial charge on any atom is -0.115 e. The van der Waals surface area contributed by atoms with Crippen LogP contribution in [0.1, 0.15) is 27.8 Å². The van der Waals surface area contributed by atoms with Crippen molar-refractivity contribution in [1.29, 1.82) is 0 Å². The number of fused-ring (bicyclic) bond motifs is 3. The minimum atomic E-state index is 0.875. The van der Waals surface area contributed by atoms with Crippen molar-refractivity contribution in [3.63, 3.8) is 0 Å². The first-order valence-corrected chi connectivity index (χ1v) is 7.64. The van der Waals surface area contributed by atoms with Crippen LogP contribution in [0.25, 0.3) is 11.1 Å². The molecule has 0 atom stereocenters. The molecule has 0 amide bonds. The van der Waals surface area contributed by atoms with Crippen LogP contribution in [0.4, 0.5) is 0 Å². The highest BCUT2D eigenvalue weighted by atomic mass is 14.2. The molecule has 4 rings (SSSR count). The molecule has 0 bridgehead atoms. The van der Waals surface area contributed by atoms with E-state index in [0.717, 1.165) is 23.1 Å². The van der Waals surface area contributed by atoms with E-state index in [-0.39, 0.29) is 0 Å². The van der Waals surface area contributed by atoms with Crippen LogP contribution < -0.4 is 0 Å². The van der Waals surface area contributed by atoms with Crippen LogP contribution in [0.15, 0.2) is 66.7 Å². The lowest BCUT2D eigenvalue weighted by Gasteiger charge is -2.06. The molecular weight excluding hydrogens is 276 g/mol. The summed E-state index contributed by atoms with van der Waals surface area (Å²) in [6.45, 7) is 0. The molecule has 0 unspecified atom stereocenters. The predicted octanol–water partition coefficient (Wildman–Crippen LogP) is 4.64. The standard InChI is InChI=1S/C23H14/c1-2-18-13-15-22-20-11-7-6-10-19(20)16-23(22)21(18)14-12-17-8-4-3-5-9-17/h1,3-11,13,15H,16H2. The molecule has 1 aliphatic rings. The molecular formula is C23H14. The summed E-state index contributed by atoms with van der Waals surface area (Å²) in [4.78, 5) is 0. The molecule has 3 aromatic carbocycles. The fraction of sp³-hybridized carbons (Fsp3) is 0.0435. The zero-order chi connectivity index (χ0) is 15.6. The summed E-state index contributed by atoms with van der Waals surface area (Å²) < 4.78 is 0. The molecule has 0 aromatic heterocycles. The second-order valence-electron chi connectivity index (χ2n) is 5.61. The summed E-state index contributed by atoms with van der Waals surface area (Å²) in [7, 11) is 0. The van der Waals surface area contributed by atoms with Gasteiger partial charge in [-0.3, -0.25) is 0 Å². The average Bonchev–Trinajstić information content (AvgIpc) is 2.99. The van der Waals surface area contributed by atoms with E-state index < -0.39 is 0 Å². The Kier molecular flexibility index (Phi) is 3.23. The van der Waals surface area contributed by atoms with Gasteiger partial charge in [-0.2, -0.15) is 0 Å². The van der Waals surface area contributed by atoms with E-state index in [4.69, 9.17) is 6.42 Å². The van der Waals surface area contributed by atoms with Crippen LogP contribution in [0.3, 0.4) is 0 Å². The highest BCUT2D eigenvalue weighted by molar-refractivity contribution is 5.80. The van der Waals surface area contributed by atoms with Crippen molar-refractivity contribution < 1.29 is 0 Å². The normalized spacial score (nSPS) is 10.9. The van der Waals surface area contributed by atoms with Crippen molar-refractivity contribution in [3.8, 4) is 35.3 Å². The molecule has 0 aliphatic heterocycles. The van der Waals surface area contributed by atoms with Gasteiger partial charge in [0, 0.05) is 16.7 Å². The Balaban J connectivity index is 1.88. The van der Waals surface area contributed by atoms with Crippen molar-refractivity contribution >= 4 is 0 Å². The Morgan fingerprint density at radius 3 is 2.35 bits per heavy atom. The van der Waals surface area contributed by atoms with Gasteiger partial charge < -0.3 is 0 Å². The Hall–Kier alpha value is -3.22. The smallest absolute Gasteiger partial charge is 0.0447 e. The van der Waals surface area contributed by atoms with Gasteiger partial charge in [0.15, 0.2) is 0 Å². The summed E-state index contributed by atoms with van der Waals surface area (Å²) in [5.74, 6) is 9.36. The maximum Gasteiger partial charge on any atom is 0.0447 e. The summed E-state index contributed by atoms with van der Waals surface area (Å²) >= 11 is 0. The van der Waals surface area contributed by atoms with Crippen LogP contribution in [0.5, 0.6) is 0 Å². The van der Waals surface area contributed by atoms with E-state index in [0.29, 0.717) is 0 Å². The minimum absolute atomic E-state index is 0.875. The fourth-order valence-electron chi connectivity index (χ4n) is 3.13. The zero-order valence-electron chi connectivity index (χ0n) is 12.6. The lowest BCUT2D eigenvalue weighted by atomic mass is 9.96. The second kappa shape index (κ2) is 5.53. The van der Waals surface area contributed by atoms with Crippen molar-refractivity contribution in [3.05, 3.63) is 94.5 Å². The SMILES string of the molecule is C#Cc1ccc2c(c1C#Cc1ccccc1)Cc1ccccc1-2. The number of hydrogen-bond donors (Lipinski definition) is 0. The van der Waals surface area contributed by atoms with Crippen LogP contribution in [0, 0.1) is 24.2 Å². The molecule has 0 saturated carbocycles. The van der Waals surface area contributed by atoms with Gasteiger partial charge >= 0.3 is 0 Å². The Bertz CT molecular complexity index is 990. The molecule has 23 heavy (non-hydrogen) atoms. The van der Waals surface area contributed by atoms with E-state index in [1.165, 1.54) is 22.3 Å². The van der Waals surface area contributed by atoms with Gasteiger partial charge in [-0.1, -0.05) is 66.3 Å². The van der Waals surface area contributed by atoms with Crippen molar-refractivity contribution in [1.82, 2.24) is 0 Å². The third kappa shape index (κ3) is 2.32. The van der Waals surface area contributed by atoms with E-state index in [9.17, 15) is 0 Å². The van der Waals surface area contributed by atoms with Gasteiger partial charge in [0.1, 0.15) is 0 Å². The van der Waals surface area contributed by atoms with Gasteiger partial charge in [-0.05, 0) is 46.9 Å². The van der Waals surface area contributed by atoms with Gasteiger partial charge in [-0.25, -0.2) is 0 Å². The number of rotatable bonds is 0. The highest BCUT2D eigenvalue weighted by Crippen LogP contribution is 2.38. The summed E-state index contributed by atoms with van der Waals surface area (Å²) in [5, 5.41) is 0. The molecule has 0 spiro atoms. The van der Waals surface area contributed by atoms with Crippen LogP contribution in [0.2, 0.25) is 0 Å².